The summed E-state index contributed by atoms with van der Waals surface area (Å²) >= 11 is 1.39. The van der Waals surface area contributed by atoms with Gasteiger partial charge >= 0.3 is 0 Å². The molecule has 46 valence electrons. The molecule has 0 aromatic rings. The van der Waals surface area contributed by atoms with E-state index in [1.165, 1.54) is 11.8 Å². The standard InChI is InChI=1S/C5H10N2S/c1-3-4-7-5(6)8-2/h3H,1,4H2,2H3,(H2,6,7). The molecule has 0 unspecified atom stereocenters. The van der Waals surface area contributed by atoms with E-state index in [0.29, 0.717) is 11.7 Å². The fourth-order valence-electron chi connectivity index (χ4n) is 0.237. The van der Waals surface area contributed by atoms with Crippen LogP contribution in [0, 0.1) is 5.41 Å². The minimum atomic E-state index is 0.491. The smallest absolute Gasteiger partial charge is 0.153 e. The highest BCUT2D eigenvalue weighted by Crippen LogP contribution is 1.88. The molecule has 0 saturated carbocycles. The Balaban J connectivity index is 3.11. The van der Waals surface area contributed by atoms with Crippen molar-refractivity contribution in [1.29, 1.82) is 5.41 Å². The summed E-state index contributed by atoms with van der Waals surface area (Å²) in [5.41, 5.74) is 0. The van der Waals surface area contributed by atoms with Crippen LogP contribution in [-0.2, 0) is 0 Å². The summed E-state index contributed by atoms with van der Waals surface area (Å²) in [5.74, 6) is 0. The number of rotatable bonds is 2. The van der Waals surface area contributed by atoms with Gasteiger partial charge in [0.25, 0.3) is 0 Å². The molecule has 0 atom stereocenters. The van der Waals surface area contributed by atoms with Crippen LogP contribution in [0.15, 0.2) is 12.7 Å². The molecule has 0 fully saturated rings. The van der Waals surface area contributed by atoms with Crippen LogP contribution < -0.4 is 5.32 Å². The first kappa shape index (κ1) is 7.56. The van der Waals surface area contributed by atoms with Gasteiger partial charge in [-0.25, -0.2) is 0 Å². The molecule has 0 radical (unpaired) electrons. The van der Waals surface area contributed by atoms with Gasteiger partial charge in [-0.15, -0.1) is 6.58 Å². The van der Waals surface area contributed by atoms with E-state index in [1.807, 2.05) is 6.26 Å². The Morgan fingerprint density at radius 2 is 2.62 bits per heavy atom. The number of thioether (sulfide) groups is 1. The molecular formula is C5H10N2S. The second-order valence-corrected chi connectivity index (χ2v) is 2.02. The van der Waals surface area contributed by atoms with Gasteiger partial charge in [0.2, 0.25) is 0 Å². The maximum atomic E-state index is 7.04. The fourth-order valence-corrected chi connectivity index (χ4v) is 0.465. The second kappa shape index (κ2) is 4.71. The number of hydrogen-bond acceptors (Lipinski definition) is 2. The van der Waals surface area contributed by atoms with Crippen molar-refractivity contribution in [3.63, 3.8) is 0 Å². The Labute approximate surface area is 53.9 Å². The molecule has 0 aliphatic rings. The van der Waals surface area contributed by atoms with Crippen molar-refractivity contribution >= 4 is 16.9 Å². The molecule has 0 rings (SSSR count). The minimum absolute atomic E-state index is 0.491. The van der Waals surface area contributed by atoms with Gasteiger partial charge in [-0.1, -0.05) is 17.8 Å². The molecule has 8 heavy (non-hydrogen) atoms. The third-order valence-corrected chi connectivity index (χ3v) is 1.16. The second-order valence-electron chi connectivity index (χ2n) is 1.20. The van der Waals surface area contributed by atoms with Crippen molar-refractivity contribution < 1.29 is 0 Å². The Hall–Kier alpha value is -0.440. The van der Waals surface area contributed by atoms with Crippen molar-refractivity contribution in [3.05, 3.63) is 12.7 Å². The third-order valence-electron chi connectivity index (χ3n) is 0.611. The zero-order valence-electron chi connectivity index (χ0n) is 4.90. The topological polar surface area (TPSA) is 35.9 Å². The molecular weight excluding hydrogens is 120 g/mol. The van der Waals surface area contributed by atoms with Crippen molar-refractivity contribution in [2.75, 3.05) is 12.8 Å². The summed E-state index contributed by atoms with van der Waals surface area (Å²) in [6.45, 7) is 4.18. The van der Waals surface area contributed by atoms with E-state index in [1.54, 1.807) is 6.08 Å². The lowest BCUT2D eigenvalue weighted by Gasteiger charge is -1.98. The lowest BCUT2D eigenvalue weighted by molar-refractivity contribution is 1.05. The average molecular weight is 130 g/mol. The van der Waals surface area contributed by atoms with Gasteiger partial charge in [0.05, 0.1) is 0 Å². The zero-order chi connectivity index (χ0) is 6.41. The summed E-state index contributed by atoms with van der Waals surface area (Å²) in [4.78, 5) is 0. The predicted molar refractivity (Wildman–Crippen MR) is 39.4 cm³/mol. The molecule has 0 aliphatic heterocycles. The molecule has 0 amide bonds. The summed E-state index contributed by atoms with van der Waals surface area (Å²) < 4.78 is 0. The Bertz CT molecular complexity index is 90.4. The first-order valence-corrected chi connectivity index (χ1v) is 3.51. The quantitative estimate of drug-likeness (QED) is 0.333. The van der Waals surface area contributed by atoms with Gasteiger partial charge in [-0.05, 0) is 6.26 Å². The van der Waals surface area contributed by atoms with Crippen LogP contribution in [0.4, 0.5) is 0 Å². The molecule has 0 spiro atoms. The van der Waals surface area contributed by atoms with Crippen LogP contribution in [0.1, 0.15) is 0 Å². The van der Waals surface area contributed by atoms with Crippen LogP contribution in [0.5, 0.6) is 0 Å². The van der Waals surface area contributed by atoms with Crippen molar-refractivity contribution in [2.45, 2.75) is 0 Å². The van der Waals surface area contributed by atoms with Crippen molar-refractivity contribution in [2.24, 2.45) is 0 Å². The summed E-state index contributed by atoms with van der Waals surface area (Å²) in [5, 5.41) is 10.3. The number of amidine groups is 1. The van der Waals surface area contributed by atoms with Gasteiger partial charge in [0, 0.05) is 6.54 Å². The molecule has 2 nitrogen and oxygen atoms in total. The molecule has 0 aliphatic carbocycles. The zero-order valence-corrected chi connectivity index (χ0v) is 5.72. The maximum absolute atomic E-state index is 7.04. The van der Waals surface area contributed by atoms with Crippen LogP contribution in [0.2, 0.25) is 0 Å². The van der Waals surface area contributed by atoms with Crippen LogP contribution >= 0.6 is 11.8 Å². The van der Waals surface area contributed by atoms with E-state index >= 15 is 0 Å². The van der Waals surface area contributed by atoms with Crippen LogP contribution in [-0.4, -0.2) is 18.0 Å². The first-order valence-electron chi connectivity index (χ1n) is 2.28. The van der Waals surface area contributed by atoms with Crippen LogP contribution in [0.3, 0.4) is 0 Å². The van der Waals surface area contributed by atoms with Crippen molar-refractivity contribution in [1.82, 2.24) is 5.32 Å². The molecule has 0 aromatic carbocycles. The van der Waals surface area contributed by atoms with E-state index in [0.717, 1.165) is 0 Å². The fraction of sp³-hybridized carbons (Fsp3) is 0.400. The lowest BCUT2D eigenvalue weighted by Crippen LogP contribution is -2.18. The monoisotopic (exact) mass is 130 g/mol. The molecule has 0 heterocycles. The molecule has 2 N–H and O–H groups in total. The largest absolute Gasteiger partial charge is 0.362 e. The Morgan fingerprint density at radius 3 is 3.00 bits per heavy atom. The summed E-state index contributed by atoms with van der Waals surface area (Å²) in [7, 11) is 0. The maximum Gasteiger partial charge on any atom is 0.153 e. The van der Waals surface area contributed by atoms with Gasteiger partial charge < -0.3 is 5.32 Å². The van der Waals surface area contributed by atoms with Gasteiger partial charge in [0.1, 0.15) is 0 Å². The highest BCUT2D eigenvalue weighted by Gasteiger charge is 1.84. The molecule has 3 heteroatoms. The van der Waals surface area contributed by atoms with Crippen LogP contribution in [0.25, 0.3) is 0 Å². The highest BCUT2D eigenvalue weighted by atomic mass is 32.2. The minimum Gasteiger partial charge on any atom is -0.362 e. The Kier molecular flexibility index (Phi) is 4.45. The van der Waals surface area contributed by atoms with Gasteiger partial charge in [0.15, 0.2) is 5.17 Å². The van der Waals surface area contributed by atoms with E-state index in [4.69, 9.17) is 5.41 Å². The SMILES string of the molecule is C=CCNC(=N)SC. The van der Waals surface area contributed by atoms with Crippen molar-refractivity contribution in [3.8, 4) is 0 Å². The van der Waals surface area contributed by atoms with E-state index in [9.17, 15) is 0 Å². The number of hydrogen-bond donors (Lipinski definition) is 2. The first-order chi connectivity index (χ1) is 3.81. The molecule has 0 saturated heterocycles. The summed E-state index contributed by atoms with van der Waals surface area (Å²) in [6.07, 6.45) is 3.59. The summed E-state index contributed by atoms with van der Waals surface area (Å²) in [6, 6.07) is 0. The molecule has 0 bridgehead atoms. The van der Waals surface area contributed by atoms with E-state index in [2.05, 4.69) is 11.9 Å². The van der Waals surface area contributed by atoms with Gasteiger partial charge in [-0.3, -0.25) is 5.41 Å². The average Bonchev–Trinajstić information content (AvgIpc) is 1.83. The normalized spacial score (nSPS) is 8.12. The van der Waals surface area contributed by atoms with Gasteiger partial charge in [-0.2, -0.15) is 0 Å². The van der Waals surface area contributed by atoms with E-state index in [-0.39, 0.29) is 0 Å². The predicted octanol–water partition coefficient (Wildman–Crippen LogP) is 1.06. The van der Waals surface area contributed by atoms with E-state index < -0.39 is 0 Å². The Morgan fingerprint density at radius 1 is 2.00 bits per heavy atom. The highest BCUT2D eigenvalue weighted by molar-refractivity contribution is 8.13. The number of nitrogens with one attached hydrogen (secondary N) is 2. The lowest BCUT2D eigenvalue weighted by atomic mass is 10.6. The molecule has 0 aromatic heterocycles. The third kappa shape index (κ3) is 3.74.